The molecule has 1 aromatic carbocycles. The molecule has 1 nitrogen and oxygen atoms in total. The van der Waals surface area contributed by atoms with Crippen molar-refractivity contribution in [3.63, 3.8) is 0 Å². The molecule has 3 heteroatoms. The van der Waals surface area contributed by atoms with E-state index in [0.717, 1.165) is 14.8 Å². The summed E-state index contributed by atoms with van der Waals surface area (Å²) in [5, 5.41) is 0.675. The predicted octanol–water partition coefficient (Wildman–Crippen LogP) is 3.81. The molecule has 0 aliphatic carbocycles. The zero-order valence-corrected chi connectivity index (χ0v) is 10.1. The van der Waals surface area contributed by atoms with Crippen molar-refractivity contribution in [1.29, 1.82) is 0 Å². The van der Waals surface area contributed by atoms with Gasteiger partial charge in [0.2, 0.25) is 0 Å². The fraction of sp³-hybridized carbons (Fsp3) is 0. The molecule has 0 aliphatic heterocycles. The Bertz CT molecular complexity index is 457. The molecule has 0 bridgehead atoms. The van der Waals surface area contributed by atoms with E-state index in [9.17, 15) is 0 Å². The molecule has 14 heavy (non-hydrogen) atoms. The third-order valence-corrected chi connectivity index (χ3v) is 2.73. The Morgan fingerprint density at radius 2 is 2.21 bits per heavy atom. The van der Waals surface area contributed by atoms with Crippen LogP contribution in [0.1, 0.15) is 0 Å². The van der Waals surface area contributed by atoms with Crippen LogP contribution in [0.5, 0.6) is 0 Å². The maximum Gasteiger partial charge on any atom is 0.0888 e. The monoisotopic (exact) mass is 314 g/mol. The minimum Gasteiger partial charge on any atom is -0.255 e. The number of hydrogen-bond acceptors (Lipinski definition) is 1. The highest BCUT2D eigenvalue weighted by atomic mass is 127. The highest BCUT2D eigenvalue weighted by molar-refractivity contribution is 14.1. The zero-order valence-electron chi connectivity index (χ0n) is 7.17. The van der Waals surface area contributed by atoms with Crippen molar-refractivity contribution in [3.8, 4) is 11.3 Å². The van der Waals surface area contributed by atoms with Crippen LogP contribution < -0.4 is 0 Å². The summed E-state index contributed by atoms with van der Waals surface area (Å²) >= 11 is 8.25. The van der Waals surface area contributed by atoms with E-state index in [4.69, 9.17) is 11.6 Å². The summed E-state index contributed by atoms with van der Waals surface area (Å²) < 4.78 is 1.06. The Balaban J connectivity index is 2.55. The number of aromatic nitrogens is 1. The Morgan fingerprint density at radius 3 is 2.93 bits per heavy atom. The lowest BCUT2D eigenvalue weighted by Crippen LogP contribution is -1.84. The van der Waals surface area contributed by atoms with E-state index < -0.39 is 0 Å². The van der Waals surface area contributed by atoms with Crippen molar-refractivity contribution in [2.24, 2.45) is 0 Å². The lowest BCUT2D eigenvalue weighted by Gasteiger charge is -2.02. The maximum atomic E-state index is 6.04. The van der Waals surface area contributed by atoms with Gasteiger partial charge in [-0.3, -0.25) is 4.98 Å². The number of rotatable bonds is 1. The van der Waals surface area contributed by atoms with Gasteiger partial charge in [0, 0.05) is 15.3 Å². The molecule has 0 unspecified atom stereocenters. The fourth-order valence-electron chi connectivity index (χ4n) is 1.18. The third-order valence-electron chi connectivity index (χ3n) is 1.80. The summed E-state index contributed by atoms with van der Waals surface area (Å²) in [5.74, 6) is 0. The first-order chi connectivity index (χ1) is 6.77. The second-order valence-corrected chi connectivity index (χ2v) is 4.33. The van der Waals surface area contributed by atoms with E-state index in [1.165, 1.54) is 0 Å². The van der Waals surface area contributed by atoms with E-state index in [-0.39, 0.29) is 0 Å². The van der Waals surface area contributed by atoms with Crippen molar-refractivity contribution in [2.75, 3.05) is 0 Å². The van der Waals surface area contributed by atoms with E-state index in [1.54, 1.807) is 6.20 Å². The molecule has 2 aromatic rings. The summed E-state index contributed by atoms with van der Waals surface area (Å²) in [6, 6.07) is 12.6. The third kappa shape index (κ3) is 2.07. The van der Waals surface area contributed by atoms with Gasteiger partial charge in [-0.2, -0.15) is 0 Å². The second kappa shape index (κ2) is 4.28. The molecule has 1 heterocycles. The van der Waals surface area contributed by atoms with Gasteiger partial charge in [-0.1, -0.05) is 23.7 Å². The van der Waals surface area contributed by atoms with Gasteiger partial charge in [0.05, 0.1) is 10.7 Å². The maximum absolute atomic E-state index is 6.04. The van der Waals surface area contributed by atoms with Gasteiger partial charge in [0.25, 0.3) is 0 Å². The molecule has 0 saturated carbocycles. The molecule has 0 atom stereocenters. The molecule has 0 spiro atoms. The van der Waals surface area contributed by atoms with E-state index in [0.29, 0.717) is 5.02 Å². The number of nitrogens with zero attached hydrogens (tertiary/aromatic N) is 1. The number of benzene rings is 1. The van der Waals surface area contributed by atoms with Crippen molar-refractivity contribution < 1.29 is 0 Å². The minimum absolute atomic E-state index is 0.675. The van der Waals surface area contributed by atoms with Gasteiger partial charge < -0.3 is 0 Å². The van der Waals surface area contributed by atoms with Gasteiger partial charge >= 0.3 is 0 Å². The Labute approximate surface area is 101 Å². The second-order valence-electron chi connectivity index (χ2n) is 2.76. The first-order valence-electron chi connectivity index (χ1n) is 4.05. The first kappa shape index (κ1) is 9.93. The normalized spacial score (nSPS) is 10.1. The highest BCUT2D eigenvalue weighted by Crippen LogP contribution is 2.25. The van der Waals surface area contributed by atoms with Gasteiger partial charge in [-0.15, -0.1) is 0 Å². The Kier molecular flexibility index (Phi) is 3.03. The molecular weight excluding hydrogens is 308 g/mol. The van der Waals surface area contributed by atoms with Crippen LogP contribution in [0.4, 0.5) is 0 Å². The van der Waals surface area contributed by atoms with Crippen molar-refractivity contribution in [2.45, 2.75) is 0 Å². The highest BCUT2D eigenvalue weighted by Gasteiger charge is 2.03. The van der Waals surface area contributed by atoms with E-state index >= 15 is 0 Å². The van der Waals surface area contributed by atoms with E-state index in [1.807, 2.05) is 30.3 Å². The average Bonchev–Trinajstić information content (AvgIpc) is 2.18. The number of hydrogen-bond donors (Lipinski definition) is 0. The minimum atomic E-state index is 0.675. The van der Waals surface area contributed by atoms with Crippen LogP contribution in [-0.2, 0) is 0 Å². The Hall–Kier alpha value is -0.610. The van der Waals surface area contributed by atoms with Crippen LogP contribution in [0.15, 0.2) is 36.5 Å². The molecule has 1 radical (unpaired) electrons. The molecule has 1 aromatic heterocycles. The lowest BCUT2D eigenvalue weighted by atomic mass is 10.1. The molecule has 2 rings (SSSR count). The van der Waals surface area contributed by atoms with Crippen LogP contribution in [0.25, 0.3) is 11.3 Å². The van der Waals surface area contributed by atoms with Crippen molar-refractivity contribution in [3.05, 3.63) is 51.2 Å². The average molecular weight is 315 g/mol. The smallest absolute Gasteiger partial charge is 0.0888 e. The van der Waals surface area contributed by atoms with Gasteiger partial charge in [0.15, 0.2) is 0 Å². The molecule has 0 fully saturated rings. The quantitative estimate of drug-likeness (QED) is 0.730. The standard InChI is InChI=1S/C11H6ClIN/c12-10-5-2-6-14-11(10)8-3-1-4-9(13)7-8/h1-3,5-7H. The number of halogens is 2. The molecule has 0 amide bonds. The number of pyridine rings is 1. The Morgan fingerprint density at radius 1 is 1.36 bits per heavy atom. The van der Waals surface area contributed by atoms with Crippen molar-refractivity contribution in [1.82, 2.24) is 4.98 Å². The van der Waals surface area contributed by atoms with Crippen LogP contribution in [0, 0.1) is 9.64 Å². The SMILES string of the molecule is Clc1cccnc1-c1cc[c]c(I)c1. The molecular formula is C11H6ClIN. The fourth-order valence-corrected chi connectivity index (χ4v) is 1.93. The zero-order chi connectivity index (χ0) is 9.97. The summed E-state index contributed by atoms with van der Waals surface area (Å²) in [5.41, 5.74) is 1.85. The largest absolute Gasteiger partial charge is 0.255 e. The van der Waals surface area contributed by atoms with Gasteiger partial charge in [-0.25, -0.2) is 0 Å². The molecule has 0 saturated heterocycles. The van der Waals surface area contributed by atoms with Crippen LogP contribution in [-0.4, -0.2) is 4.98 Å². The van der Waals surface area contributed by atoms with Gasteiger partial charge in [-0.05, 0) is 46.9 Å². The molecule has 0 aliphatic rings. The first-order valence-corrected chi connectivity index (χ1v) is 5.51. The van der Waals surface area contributed by atoms with Crippen molar-refractivity contribution >= 4 is 34.2 Å². The summed E-state index contributed by atoms with van der Waals surface area (Å²) in [6.45, 7) is 0. The van der Waals surface area contributed by atoms with E-state index in [2.05, 4.69) is 33.6 Å². The van der Waals surface area contributed by atoms with Gasteiger partial charge in [0.1, 0.15) is 0 Å². The summed E-state index contributed by atoms with van der Waals surface area (Å²) in [7, 11) is 0. The van der Waals surface area contributed by atoms with Crippen LogP contribution >= 0.6 is 34.2 Å². The predicted molar refractivity (Wildman–Crippen MR) is 66.2 cm³/mol. The molecule has 0 N–H and O–H groups in total. The topological polar surface area (TPSA) is 12.9 Å². The lowest BCUT2D eigenvalue weighted by molar-refractivity contribution is 1.32. The van der Waals surface area contributed by atoms with Crippen LogP contribution in [0.2, 0.25) is 5.02 Å². The summed E-state index contributed by atoms with van der Waals surface area (Å²) in [4.78, 5) is 4.24. The molecule has 69 valence electrons. The summed E-state index contributed by atoms with van der Waals surface area (Å²) in [6.07, 6.45) is 1.74. The van der Waals surface area contributed by atoms with Crippen LogP contribution in [0.3, 0.4) is 0 Å².